The van der Waals surface area contributed by atoms with Crippen LogP contribution in [0, 0.1) is 0 Å². The van der Waals surface area contributed by atoms with Gasteiger partial charge < -0.3 is 9.47 Å². The minimum absolute atomic E-state index is 0.574. The molecule has 0 spiro atoms. The quantitative estimate of drug-likeness (QED) is 0.653. The Morgan fingerprint density at radius 3 is 1.94 bits per heavy atom. The fraction of sp³-hybridized carbons (Fsp3) is 0.200. The molecule has 18 heavy (non-hydrogen) atoms. The molecule has 0 aromatic heterocycles. The number of ether oxygens (including phenoxy) is 2. The van der Waals surface area contributed by atoms with Gasteiger partial charge in [-0.05, 0) is 35.4 Å². The molecule has 2 nitrogen and oxygen atoms in total. The number of thiol groups is 1. The summed E-state index contributed by atoms with van der Waals surface area (Å²) in [6.45, 7) is 1.18. The normalized spacial score (nSPS) is 10.3. The summed E-state index contributed by atoms with van der Waals surface area (Å²) < 4.78 is 10.5. The predicted molar refractivity (Wildman–Crippen MR) is 76.5 cm³/mol. The molecule has 0 aliphatic heterocycles. The molecular formula is C15H16O2S. The van der Waals surface area contributed by atoms with Crippen molar-refractivity contribution >= 4 is 12.6 Å². The van der Waals surface area contributed by atoms with E-state index in [-0.39, 0.29) is 0 Å². The summed E-state index contributed by atoms with van der Waals surface area (Å²) >= 11 is 4.28. The average Bonchev–Trinajstić information content (AvgIpc) is 2.41. The van der Waals surface area contributed by atoms with Gasteiger partial charge in [-0.15, -0.1) is 12.6 Å². The molecule has 0 bridgehead atoms. The minimum atomic E-state index is 0.574. The highest BCUT2D eigenvalue weighted by atomic mass is 32.1. The molecule has 0 fully saturated rings. The van der Waals surface area contributed by atoms with Crippen molar-refractivity contribution in [2.24, 2.45) is 0 Å². The molecule has 94 valence electrons. The van der Waals surface area contributed by atoms with Crippen LogP contribution in [-0.4, -0.2) is 20.3 Å². The molecule has 0 N–H and O–H groups in total. The number of hydrogen-bond acceptors (Lipinski definition) is 3. The van der Waals surface area contributed by atoms with Crippen molar-refractivity contribution in [3.05, 3.63) is 48.5 Å². The van der Waals surface area contributed by atoms with Crippen LogP contribution in [0.2, 0.25) is 0 Å². The van der Waals surface area contributed by atoms with Gasteiger partial charge >= 0.3 is 0 Å². The van der Waals surface area contributed by atoms with Crippen LogP contribution >= 0.6 is 12.6 Å². The van der Waals surface area contributed by atoms with Crippen molar-refractivity contribution in [1.82, 2.24) is 0 Å². The fourth-order valence-corrected chi connectivity index (χ4v) is 1.79. The number of rotatable bonds is 5. The van der Waals surface area contributed by atoms with E-state index in [1.54, 1.807) is 7.11 Å². The van der Waals surface area contributed by atoms with E-state index in [2.05, 4.69) is 36.9 Å². The van der Waals surface area contributed by atoms with E-state index in [0.717, 1.165) is 10.6 Å². The first kappa shape index (κ1) is 13.0. The predicted octanol–water partition coefficient (Wildman–Crippen LogP) is 3.67. The second-order valence-electron chi connectivity index (χ2n) is 3.91. The molecular weight excluding hydrogens is 244 g/mol. The minimum Gasteiger partial charge on any atom is -0.491 e. The third-order valence-electron chi connectivity index (χ3n) is 2.61. The van der Waals surface area contributed by atoms with Crippen molar-refractivity contribution in [3.8, 4) is 16.9 Å². The second-order valence-corrected chi connectivity index (χ2v) is 4.43. The zero-order valence-electron chi connectivity index (χ0n) is 10.3. The van der Waals surface area contributed by atoms with Crippen molar-refractivity contribution in [2.75, 3.05) is 20.3 Å². The molecule has 0 amide bonds. The average molecular weight is 260 g/mol. The third-order valence-corrected chi connectivity index (χ3v) is 2.91. The van der Waals surface area contributed by atoms with Gasteiger partial charge in [-0.3, -0.25) is 0 Å². The maximum Gasteiger partial charge on any atom is 0.119 e. The lowest BCUT2D eigenvalue weighted by Gasteiger charge is -2.07. The van der Waals surface area contributed by atoms with Crippen LogP contribution < -0.4 is 4.74 Å². The van der Waals surface area contributed by atoms with E-state index in [1.807, 2.05) is 24.3 Å². The molecule has 3 heteroatoms. The first-order chi connectivity index (χ1) is 8.79. The molecule has 2 rings (SSSR count). The lowest BCUT2D eigenvalue weighted by atomic mass is 10.1. The monoisotopic (exact) mass is 260 g/mol. The van der Waals surface area contributed by atoms with Crippen molar-refractivity contribution in [1.29, 1.82) is 0 Å². The number of methoxy groups -OCH3 is 1. The smallest absolute Gasteiger partial charge is 0.119 e. The van der Waals surface area contributed by atoms with E-state index in [0.29, 0.717) is 13.2 Å². The van der Waals surface area contributed by atoms with Gasteiger partial charge in [-0.25, -0.2) is 0 Å². The Morgan fingerprint density at radius 1 is 0.833 bits per heavy atom. The first-order valence-electron chi connectivity index (χ1n) is 5.81. The number of hydrogen-bond donors (Lipinski definition) is 1. The SMILES string of the molecule is COCCOc1ccc(-c2ccc(S)cc2)cc1. The molecule has 0 aliphatic rings. The van der Waals surface area contributed by atoms with Gasteiger partial charge in [-0.2, -0.15) is 0 Å². The van der Waals surface area contributed by atoms with Crippen LogP contribution in [0.25, 0.3) is 11.1 Å². The molecule has 0 atom stereocenters. The summed E-state index contributed by atoms with van der Waals surface area (Å²) in [6, 6.07) is 16.1. The van der Waals surface area contributed by atoms with E-state index in [4.69, 9.17) is 9.47 Å². The highest BCUT2D eigenvalue weighted by Gasteiger charge is 1.98. The Hall–Kier alpha value is -1.45. The van der Waals surface area contributed by atoms with Crippen LogP contribution in [0.1, 0.15) is 0 Å². The van der Waals surface area contributed by atoms with Gasteiger partial charge in [0.25, 0.3) is 0 Å². The molecule has 0 saturated heterocycles. The molecule has 2 aromatic rings. The van der Waals surface area contributed by atoms with Crippen LogP contribution in [0.5, 0.6) is 5.75 Å². The second kappa shape index (κ2) is 6.47. The Morgan fingerprint density at radius 2 is 1.39 bits per heavy atom. The summed E-state index contributed by atoms with van der Waals surface area (Å²) in [5.41, 5.74) is 2.35. The summed E-state index contributed by atoms with van der Waals surface area (Å²) in [7, 11) is 1.66. The van der Waals surface area contributed by atoms with Gasteiger partial charge in [0.1, 0.15) is 12.4 Å². The van der Waals surface area contributed by atoms with Crippen LogP contribution in [0.3, 0.4) is 0 Å². The van der Waals surface area contributed by atoms with Crippen molar-refractivity contribution in [2.45, 2.75) is 4.90 Å². The van der Waals surface area contributed by atoms with Gasteiger partial charge in [-0.1, -0.05) is 24.3 Å². The van der Waals surface area contributed by atoms with Gasteiger partial charge in [0.05, 0.1) is 6.61 Å². The van der Waals surface area contributed by atoms with E-state index in [1.165, 1.54) is 11.1 Å². The molecule has 0 radical (unpaired) electrons. The zero-order chi connectivity index (χ0) is 12.8. The molecule has 0 saturated carbocycles. The lowest BCUT2D eigenvalue weighted by Crippen LogP contribution is -2.03. The topological polar surface area (TPSA) is 18.5 Å². The Bertz CT molecular complexity index is 477. The van der Waals surface area contributed by atoms with Crippen molar-refractivity contribution in [3.63, 3.8) is 0 Å². The standard InChI is InChI=1S/C15H16O2S/c1-16-10-11-17-14-6-2-12(3-7-14)13-4-8-15(18)9-5-13/h2-9,18H,10-11H2,1H3. The van der Waals surface area contributed by atoms with Gasteiger partial charge in [0.15, 0.2) is 0 Å². The van der Waals surface area contributed by atoms with Gasteiger partial charge in [0.2, 0.25) is 0 Å². The summed E-state index contributed by atoms with van der Waals surface area (Å²) in [6.07, 6.45) is 0. The third kappa shape index (κ3) is 3.52. The Balaban J connectivity index is 2.05. The number of benzene rings is 2. The van der Waals surface area contributed by atoms with Crippen LogP contribution in [0.15, 0.2) is 53.4 Å². The van der Waals surface area contributed by atoms with E-state index in [9.17, 15) is 0 Å². The summed E-state index contributed by atoms with van der Waals surface area (Å²) in [5.74, 6) is 0.863. The Kier molecular flexibility index (Phi) is 4.67. The van der Waals surface area contributed by atoms with Crippen LogP contribution in [0.4, 0.5) is 0 Å². The molecule has 0 heterocycles. The molecule has 0 aliphatic carbocycles. The summed E-state index contributed by atoms with van der Waals surface area (Å²) in [4.78, 5) is 0.971. The largest absolute Gasteiger partial charge is 0.491 e. The zero-order valence-corrected chi connectivity index (χ0v) is 11.2. The Labute approximate surface area is 113 Å². The van der Waals surface area contributed by atoms with Gasteiger partial charge in [0, 0.05) is 12.0 Å². The van der Waals surface area contributed by atoms with Crippen molar-refractivity contribution < 1.29 is 9.47 Å². The lowest BCUT2D eigenvalue weighted by molar-refractivity contribution is 0.146. The van der Waals surface area contributed by atoms with E-state index >= 15 is 0 Å². The maximum atomic E-state index is 5.52. The molecule has 0 unspecified atom stereocenters. The van der Waals surface area contributed by atoms with Crippen LogP contribution in [-0.2, 0) is 4.74 Å². The highest BCUT2D eigenvalue weighted by molar-refractivity contribution is 7.80. The first-order valence-corrected chi connectivity index (χ1v) is 6.25. The maximum absolute atomic E-state index is 5.52. The fourth-order valence-electron chi connectivity index (χ4n) is 1.64. The molecule has 2 aromatic carbocycles. The highest BCUT2D eigenvalue weighted by Crippen LogP contribution is 2.23. The summed E-state index contributed by atoms with van der Waals surface area (Å²) in [5, 5.41) is 0. The van der Waals surface area contributed by atoms with E-state index < -0.39 is 0 Å².